The van der Waals surface area contributed by atoms with Gasteiger partial charge in [-0.1, -0.05) is 30.3 Å². The van der Waals surface area contributed by atoms with Crippen LogP contribution in [0.3, 0.4) is 0 Å². The van der Waals surface area contributed by atoms with E-state index < -0.39 is 0 Å². The van der Waals surface area contributed by atoms with E-state index in [1.807, 2.05) is 17.9 Å². The zero-order valence-corrected chi connectivity index (χ0v) is 12.3. The summed E-state index contributed by atoms with van der Waals surface area (Å²) in [6, 6.07) is 10.5. The first-order chi connectivity index (χ1) is 9.65. The van der Waals surface area contributed by atoms with E-state index in [1.54, 1.807) is 0 Å². The fourth-order valence-corrected chi connectivity index (χ4v) is 2.56. The molecule has 1 aromatic rings. The molecule has 1 unspecified atom stereocenters. The Labute approximate surface area is 121 Å². The summed E-state index contributed by atoms with van der Waals surface area (Å²) in [6.07, 6.45) is 1.54. The van der Waals surface area contributed by atoms with E-state index in [0.29, 0.717) is 6.42 Å². The number of amides is 1. The molecular weight excluding hydrogens is 250 g/mol. The van der Waals surface area contributed by atoms with Gasteiger partial charge in [0.2, 0.25) is 5.91 Å². The van der Waals surface area contributed by atoms with Gasteiger partial charge in [-0.25, -0.2) is 0 Å². The molecule has 2 rings (SSSR count). The highest BCUT2D eigenvalue weighted by atomic mass is 16.2. The Morgan fingerprint density at radius 3 is 2.45 bits per heavy atom. The first-order valence-corrected chi connectivity index (χ1v) is 7.45. The maximum absolute atomic E-state index is 11.9. The lowest BCUT2D eigenvalue weighted by Gasteiger charge is -2.35. The molecule has 4 nitrogen and oxygen atoms in total. The summed E-state index contributed by atoms with van der Waals surface area (Å²) < 4.78 is 0. The molecule has 1 atom stereocenters. The zero-order valence-electron chi connectivity index (χ0n) is 12.3. The van der Waals surface area contributed by atoms with E-state index in [1.165, 1.54) is 5.56 Å². The highest BCUT2D eigenvalue weighted by Gasteiger charge is 2.21. The lowest BCUT2D eigenvalue weighted by molar-refractivity contribution is -0.133. The van der Waals surface area contributed by atoms with Crippen molar-refractivity contribution < 1.29 is 4.79 Å². The Morgan fingerprint density at radius 1 is 1.20 bits per heavy atom. The van der Waals surface area contributed by atoms with Gasteiger partial charge in [-0.05, 0) is 18.9 Å². The quantitative estimate of drug-likeness (QED) is 0.876. The van der Waals surface area contributed by atoms with Gasteiger partial charge >= 0.3 is 0 Å². The number of benzene rings is 1. The van der Waals surface area contributed by atoms with Crippen LogP contribution in [0.5, 0.6) is 0 Å². The molecule has 0 aromatic heterocycles. The van der Waals surface area contributed by atoms with Gasteiger partial charge in [-0.15, -0.1) is 0 Å². The van der Waals surface area contributed by atoms with Crippen molar-refractivity contribution in [2.24, 2.45) is 5.73 Å². The molecule has 1 aromatic carbocycles. The van der Waals surface area contributed by atoms with Crippen molar-refractivity contribution in [3.05, 3.63) is 35.9 Å². The molecule has 0 saturated carbocycles. The fraction of sp³-hybridized carbons (Fsp3) is 0.562. The third-order valence-electron chi connectivity index (χ3n) is 3.78. The minimum absolute atomic E-state index is 0.0430. The van der Waals surface area contributed by atoms with Crippen molar-refractivity contribution in [2.75, 3.05) is 32.7 Å². The molecule has 0 spiro atoms. The largest absolute Gasteiger partial charge is 0.340 e. The Kier molecular flexibility index (Phi) is 5.56. The number of hydrogen-bond acceptors (Lipinski definition) is 3. The van der Waals surface area contributed by atoms with Crippen LogP contribution in [0, 0.1) is 0 Å². The van der Waals surface area contributed by atoms with E-state index >= 15 is 0 Å². The van der Waals surface area contributed by atoms with E-state index in [4.69, 9.17) is 5.73 Å². The van der Waals surface area contributed by atoms with Crippen molar-refractivity contribution in [1.82, 2.24) is 9.80 Å². The third-order valence-corrected chi connectivity index (χ3v) is 3.78. The van der Waals surface area contributed by atoms with Gasteiger partial charge in [-0.2, -0.15) is 0 Å². The molecule has 0 radical (unpaired) electrons. The van der Waals surface area contributed by atoms with E-state index in [2.05, 4.69) is 29.2 Å². The molecule has 0 bridgehead atoms. The summed E-state index contributed by atoms with van der Waals surface area (Å²) >= 11 is 0. The van der Waals surface area contributed by atoms with Crippen LogP contribution in [0.2, 0.25) is 0 Å². The maximum atomic E-state index is 11.9. The van der Waals surface area contributed by atoms with Crippen molar-refractivity contribution in [3.8, 4) is 0 Å². The molecule has 20 heavy (non-hydrogen) atoms. The molecule has 1 aliphatic rings. The summed E-state index contributed by atoms with van der Waals surface area (Å²) in [5.41, 5.74) is 7.06. The van der Waals surface area contributed by atoms with E-state index in [9.17, 15) is 4.79 Å². The van der Waals surface area contributed by atoms with Gasteiger partial charge < -0.3 is 10.6 Å². The zero-order chi connectivity index (χ0) is 14.4. The number of carbonyl (C=O) groups is 1. The van der Waals surface area contributed by atoms with Crippen LogP contribution in [0.25, 0.3) is 0 Å². The van der Waals surface area contributed by atoms with Crippen LogP contribution >= 0.6 is 0 Å². The Morgan fingerprint density at radius 2 is 1.85 bits per heavy atom. The van der Waals surface area contributed by atoms with Gasteiger partial charge in [0.25, 0.3) is 0 Å². The van der Waals surface area contributed by atoms with Crippen LogP contribution in [-0.4, -0.2) is 54.5 Å². The summed E-state index contributed by atoms with van der Waals surface area (Å²) in [7, 11) is 0. The second kappa shape index (κ2) is 7.41. The topological polar surface area (TPSA) is 49.6 Å². The number of nitrogens with two attached hydrogens (primary N) is 1. The normalized spacial score (nSPS) is 18.0. The van der Waals surface area contributed by atoms with Crippen molar-refractivity contribution in [1.29, 1.82) is 0 Å². The Hall–Kier alpha value is -1.39. The highest BCUT2D eigenvalue weighted by Crippen LogP contribution is 2.07. The van der Waals surface area contributed by atoms with Crippen LogP contribution in [0.15, 0.2) is 30.3 Å². The lowest BCUT2D eigenvalue weighted by Crippen LogP contribution is -2.49. The van der Waals surface area contributed by atoms with Gasteiger partial charge in [-0.3, -0.25) is 9.69 Å². The summed E-state index contributed by atoms with van der Waals surface area (Å²) in [5, 5.41) is 0. The summed E-state index contributed by atoms with van der Waals surface area (Å²) in [6.45, 7) is 6.56. The molecule has 0 aliphatic carbocycles. The number of hydrogen-bond donors (Lipinski definition) is 1. The predicted molar refractivity (Wildman–Crippen MR) is 81.4 cm³/mol. The maximum Gasteiger partial charge on any atom is 0.224 e. The standard InChI is InChI=1S/C16H25N3O/c1-14(17)13-16(20)19-11-9-18(10-12-19)8-7-15-5-3-2-4-6-15/h2-6,14H,7-13,17H2,1H3. The Balaban J connectivity index is 1.70. The van der Waals surface area contributed by atoms with Crippen molar-refractivity contribution in [3.63, 3.8) is 0 Å². The van der Waals surface area contributed by atoms with Crippen LogP contribution in [-0.2, 0) is 11.2 Å². The average molecular weight is 275 g/mol. The van der Waals surface area contributed by atoms with Crippen molar-refractivity contribution in [2.45, 2.75) is 25.8 Å². The van der Waals surface area contributed by atoms with Crippen LogP contribution in [0.1, 0.15) is 18.9 Å². The van der Waals surface area contributed by atoms with Crippen LogP contribution in [0.4, 0.5) is 0 Å². The molecule has 1 saturated heterocycles. The van der Waals surface area contributed by atoms with Crippen LogP contribution < -0.4 is 5.73 Å². The first kappa shape index (κ1) is 15.0. The smallest absolute Gasteiger partial charge is 0.224 e. The molecule has 110 valence electrons. The number of carbonyl (C=O) groups excluding carboxylic acids is 1. The molecule has 1 aliphatic heterocycles. The second-order valence-electron chi connectivity index (χ2n) is 5.64. The number of nitrogens with zero attached hydrogens (tertiary/aromatic N) is 2. The van der Waals surface area contributed by atoms with Gasteiger partial charge in [0.15, 0.2) is 0 Å². The molecular formula is C16H25N3O. The lowest BCUT2D eigenvalue weighted by atomic mass is 10.1. The number of piperazine rings is 1. The second-order valence-corrected chi connectivity index (χ2v) is 5.64. The fourth-order valence-electron chi connectivity index (χ4n) is 2.56. The molecule has 4 heteroatoms. The van der Waals surface area contributed by atoms with Gasteiger partial charge in [0.1, 0.15) is 0 Å². The average Bonchev–Trinajstić information content (AvgIpc) is 2.46. The summed E-state index contributed by atoms with van der Waals surface area (Å²) in [5.74, 6) is 0.197. The number of rotatable bonds is 5. The van der Waals surface area contributed by atoms with E-state index in [0.717, 1.165) is 39.1 Å². The monoisotopic (exact) mass is 275 g/mol. The molecule has 1 heterocycles. The molecule has 1 fully saturated rings. The summed E-state index contributed by atoms with van der Waals surface area (Å²) in [4.78, 5) is 16.3. The third kappa shape index (κ3) is 4.62. The Bertz CT molecular complexity index is 411. The van der Waals surface area contributed by atoms with Crippen molar-refractivity contribution >= 4 is 5.91 Å². The molecule has 1 amide bonds. The minimum atomic E-state index is -0.0430. The highest BCUT2D eigenvalue weighted by molar-refractivity contribution is 5.76. The predicted octanol–water partition coefficient (Wildman–Crippen LogP) is 1.11. The minimum Gasteiger partial charge on any atom is -0.340 e. The van der Waals surface area contributed by atoms with Gasteiger partial charge in [0.05, 0.1) is 0 Å². The molecule has 2 N–H and O–H groups in total. The SMILES string of the molecule is CC(N)CC(=O)N1CCN(CCc2ccccc2)CC1. The van der Waals surface area contributed by atoms with E-state index in [-0.39, 0.29) is 11.9 Å². The van der Waals surface area contributed by atoms with Gasteiger partial charge in [0, 0.05) is 45.2 Å². The first-order valence-electron chi connectivity index (χ1n) is 7.45.